The van der Waals surface area contributed by atoms with E-state index in [1.807, 2.05) is 13.0 Å². The Kier molecular flexibility index (Phi) is 5.65. The van der Waals surface area contributed by atoms with Gasteiger partial charge in [-0.15, -0.1) is 0 Å². The number of imide groups is 1. The molecule has 0 aliphatic carbocycles. The van der Waals surface area contributed by atoms with Crippen LogP contribution in [0.5, 0.6) is 5.75 Å². The highest BCUT2D eigenvalue weighted by Crippen LogP contribution is 2.26. The monoisotopic (exact) mass is 399 g/mol. The maximum absolute atomic E-state index is 12.6. The topological polar surface area (TPSA) is 87.7 Å². The number of halogens is 1. The molecule has 2 aromatic carbocycles. The van der Waals surface area contributed by atoms with E-state index in [2.05, 4.69) is 10.6 Å². The van der Waals surface area contributed by atoms with E-state index in [4.69, 9.17) is 16.3 Å². The second-order valence-electron chi connectivity index (χ2n) is 6.18. The SMILES string of the molecule is COc1ccc(Cl)cc1/C=C1/NC(=O)N(CC(=O)Nc2cccc(C)c2)C1=O. The second-order valence-corrected chi connectivity index (χ2v) is 6.62. The van der Waals surface area contributed by atoms with Crippen molar-refractivity contribution >= 4 is 41.2 Å². The predicted molar refractivity (Wildman–Crippen MR) is 106 cm³/mol. The quantitative estimate of drug-likeness (QED) is 0.597. The molecule has 3 rings (SSSR count). The molecule has 4 amide bonds. The Morgan fingerprint density at radius 3 is 2.75 bits per heavy atom. The van der Waals surface area contributed by atoms with Crippen LogP contribution >= 0.6 is 11.6 Å². The molecule has 0 spiro atoms. The first kappa shape index (κ1) is 19.4. The van der Waals surface area contributed by atoms with Gasteiger partial charge in [0.25, 0.3) is 5.91 Å². The van der Waals surface area contributed by atoms with Crippen LogP contribution in [0, 0.1) is 6.92 Å². The number of benzene rings is 2. The lowest BCUT2D eigenvalue weighted by Crippen LogP contribution is -2.38. The maximum atomic E-state index is 12.6. The standard InChI is InChI=1S/C20H18ClN3O4/c1-12-4-3-5-15(8-12)22-18(25)11-24-19(26)16(23-20(24)27)10-13-9-14(21)6-7-17(13)28-2/h3-10H,11H2,1-2H3,(H,22,25)(H,23,27)/b16-10+. The molecule has 1 fully saturated rings. The molecule has 2 N–H and O–H groups in total. The van der Waals surface area contributed by atoms with E-state index in [0.29, 0.717) is 22.0 Å². The summed E-state index contributed by atoms with van der Waals surface area (Å²) in [6.45, 7) is 1.50. The van der Waals surface area contributed by atoms with Gasteiger partial charge in [0.1, 0.15) is 18.0 Å². The van der Waals surface area contributed by atoms with Gasteiger partial charge in [-0.05, 0) is 48.9 Å². The van der Waals surface area contributed by atoms with Gasteiger partial charge in [-0.1, -0.05) is 23.7 Å². The number of nitrogens with one attached hydrogen (secondary N) is 2. The van der Waals surface area contributed by atoms with Crippen molar-refractivity contribution in [1.29, 1.82) is 0 Å². The van der Waals surface area contributed by atoms with E-state index < -0.39 is 24.4 Å². The molecular formula is C20H18ClN3O4. The van der Waals surface area contributed by atoms with E-state index in [9.17, 15) is 14.4 Å². The molecule has 0 atom stereocenters. The Hall–Kier alpha value is -3.32. The normalized spacial score (nSPS) is 15.0. The third kappa shape index (κ3) is 4.32. The molecule has 0 unspecified atom stereocenters. The minimum absolute atomic E-state index is 0.0360. The number of urea groups is 1. The van der Waals surface area contributed by atoms with E-state index in [1.165, 1.54) is 13.2 Å². The summed E-state index contributed by atoms with van der Waals surface area (Å²) in [4.78, 5) is 37.8. The molecular weight excluding hydrogens is 382 g/mol. The largest absolute Gasteiger partial charge is 0.496 e. The van der Waals surface area contributed by atoms with Gasteiger partial charge in [-0.25, -0.2) is 9.69 Å². The number of carbonyl (C=O) groups is 3. The highest BCUT2D eigenvalue weighted by Gasteiger charge is 2.35. The summed E-state index contributed by atoms with van der Waals surface area (Å²) in [7, 11) is 1.49. The second kappa shape index (κ2) is 8.14. The van der Waals surface area contributed by atoms with Crippen molar-refractivity contribution in [3.63, 3.8) is 0 Å². The summed E-state index contributed by atoms with van der Waals surface area (Å²) in [6.07, 6.45) is 1.46. The number of carbonyl (C=O) groups excluding carboxylic acids is 3. The van der Waals surface area contributed by atoms with Crippen molar-refractivity contribution in [3.8, 4) is 5.75 Å². The predicted octanol–water partition coefficient (Wildman–Crippen LogP) is 3.19. The number of methoxy groups -OCH3 is 1. The fraction of sp³-hybridized carbons (Fsp3) is 0.150. The van der Waals surface area contributed by atoms with Crippen molar-refractivity contribution in [2.24, 2.45) is 0 Å². The molecule has 144 valence electrons. The third-order valence-electron chi connectivity index (χ3n) is 4.06. The zero-order valence-corrected chi connectivity index (χ0v) is 16.0. The minimum Gasteiger partial charge on any atom is -0.496 e. The Balaban J connectivity index is 1.75. The number of hydrogen-bond donors (Lipinski definition) is 2. The molecule has 2 aromatic rings. The minimum atomic E-state index is -0.670. The van der Waals surface area contributed by atoms with Crippen LogP contribution in [0.2, 0.25) is 5.02 Å². The van der Waals surface area contributed by atoms with E-state index in [0.717, 1.165) is 10.5 Å². The van der Waals surface area contributed by atoms with E-state index >= 15 is 0 Å². The van der Waals surface area contributed by atoms with Crippen molar-refractivity contribution in [1.82, 2.24) is 10.2 Å². The van der Waals surface area contributed by atoms with E-state index in [-0.39, 0.29) is 5.70 Å². The summed E-state index contributed by atoms with van der Waals surface area (Å²) >= 11 is 5.99. The Labute approximate surface area is 166 Å². The molecule has 1 aliphatic rings. The van der Waals surface area contributed by atoms with E-state index in [1.54, 1.807) is 36.4 Å². The average Bonchev–Trinajstić information content (AvgIpc) is 2.89. The van der Waals surface area contributed by atoms with Gasteiger partial charge < -0.3 is 15.4 Å². The molecule has 7 nitrogen and oxygen atoms in total. The first-order valence-electron chi connectivity index (χ1n) is 8.42. The molecule has 1 saturated heterocycles. The van der Waals surface area contributed by atoms with Crippen molar-refractivity contribution < 1.29 is 19.1 Å². The summed E-state index contributed by atoms with van der Waals surface area (Å²) in [5, 5.41) is 5.60. The highest BCUT2D eigenvalue weighted by atomic mass is 35.5. The summed E-state index contributed by atoms with van der Waals surface area (Å²) in [6, 6.07) is 11.5. The smallest absolute Gasteiger partial charge is 0.329 e. The third-order valence-corrected chi connectivity index (χ3v) is 4.29. The molecule has 1 heterocycles. The van der Waals surface area contributed by atoms with Crippen LogP contribution in [0.1, 0.15) is 11.1 Å². The van der Waals surface area contributed by atoms with Crippen molar-refractivity contribution in [3.05, 3.63) is 64.3 Å². The molecule has 0 aromatic heterocycles. The lowest BCUT2D eigenvalue weighted by molar-refractivity contribution is -0.127. The number of nitrogens with zero attached hydrogens (tertiary/aromatic N) is 1. The number of anilines is 1. The first-order valence-corrected chi connectivity index (χ1v) is 8.80. The molecule has 0 bridgehead atoms. The van der Waals surface area contributed by atoms with Gasteiger partial charge in [0.05, 0.1) is 7.11 Å². The van der Waals surface area contributed by atoms with Crippen LogP contribution in [0.15, 0.2) is 48.2 Å². The van der Waals surface area contributed by atoms with Crippen LogP contribution in [-0.4, -0.2) is 36.4 Å². The van der Waals surface area contributed by atoms with Gasteiger partial charge in [-0.2, -0.15) is 0 Å². The van der Waals surface area contributed by atoms with Crippen molar-refractivity contribution in [2.45, 2.75) is 6.92 Å². The van der Waals surface area contributed by atoms with Gasteiger partial charge in [0.15, 0.2) is 0 Å². The number of amides is 4. The molecule has 1 aliphatic heterocycles. The van der Waals surface area contributed by atoms with Gasteiger partial charge in [0.2, 0.25) is 5.91 Å². The number of hydrogen-bond acceptors (Lipinski definition) is 4. The fourth-order valence-electron chi connectivity index (χ4n) is 2.76. The molecule has 28 heavy (non-hydrogen) atoms. The summed E-state index contributed by atoms with van der Waals surface area (Å²) < 4.78 is 5.24. The first-order chi connectivity index (χ1) is 13.4. The highest BCUT2D eigenvalue weighted by molar-refractivity contribution is 6.30. The zero-order chi connectivity index (χ0) is 20.3. The number of rotatable bonds is 5. The van der Waals surface area contributed by atoms with Crippen LogP contribution < -0.4 is 15.4 Å². The average molecular weight is 400 g/mol. The number of aryl methyl sites for hydroxylation is 1. The summed E-state index contributed by atoms with van der Waals surface area (Å²) in [5.41, 5.74) is 2.14. The Morgan fingerprint density at radius 1 is 1.25 bits per heavy atom. The number of ether oxygens (including phenoxy) is 1. The summed E-state index contributed by atoms with van der Waals surface area (Å²) in [5.74, 6) is -0.586. The fourth-order valence-corrected chi connectivity index (χ4v) is 2.94. The maximum Gasteiger partial charge on any atom is 0.329 e. The molecule has 8 heteroatoms. The Morgan fingerprint density at radius 2 is 2.04 bits per heavy atom. The van der Waals surface area contributed by atoms with Crippen LogP contribution in [-0.2, 0) is 9.59 Å². The molecule has 0 saturated carbocycles. The van der Waals surface area contributed by atoms with Crippen molar-refractivity contribution in [2.75, 3.05) is 19.0 Å². The van der Waals surface area contributed by atoms with Gasteiger partial charge in [-0.3, -0.25) is 9.59 Å². The lowest BCUT2D eigenvalue weighted by Gasteiger charge is -2.12. The zero-order valence-electron chi connectivity index (χ0n) is 15.3. The van der Waals surface area contributed by atoms with Crippen LogP contribution in [0.4, 0.5) is 10.5 Å². The lowest BCUT2D eigenvalue weighted by atomic mass is 10.1. The van der Waals surface area contributed by atoms with Gasteiger partial charge in [0, 0.05) is 16.3 Å². The van der Waals surface area contributed by atoms with Crippen LogP contribution in [0.25, 0.3) is 6.08 Å². The Bertz CT molecular complexity index is 987. The van der Waals surface area contributed by atoms with Crippen LogP contribution in [0.3, 0.4) is 0 Å². The molecule has 0 radical (unpaired) electrons. The van der Waals surface area contributed by atoms with Gasteiger partial charge >= 0.3 is 6.03 Å².